The standard InChI is InChI=1S/C10H16N8S/c1-17-7-12-13-9(17)6-19-10-14-15-16-18(10)5-4-11-8-2-3-8/h7-8,11H,2-6H2,1H3. The van der Waals surface area contributed by atoms with Crippen LogP contribution in [0.15, 0.2) is 11.5 Å². The molecule has 0 spiro atoms. The molecule has 0 aromatic carbocycles. The van der Waals surface area contributed by atoms with Crippen LogP contribution in [0.25, 0.3) is 0 Å². The molecule has 2 aromatic rings. The van der Waals surface area contributed by atoms with Gasteiger partial charge < -0.3 is 9.88 Å². The van der Waals surface area contributed by atoms with Gasteiger partial charge >= 0.3 is 0 Å². The van der Waals surface area contributed by atoms with Crippen LogP contribution in [-0.2, 0) is 19.3 Å². The van der Waals surface area contributed by atoms with Crippen LogP contribution < -0.4 is 5.32 Å². The van der Waals surface area contributed by atoms with Crippen molar-refractivity contribution in [1.82, 2.24) is 40.3 Å². The first kappa shape index (κ1) is 12.5. The van der Waals surface area contributed by atoms with E-state index in [0.717, 1.165) is 24.1 Å². The largest absolute Gasteiger partial charge is 0.320 e. The molecule has 2 aromatic heterocycles. The van der Waals surface area contributed by atoms with Gasteiger partial charge in [-0.05, 0) is 23.3 Å². The molecule has 0 bridgehead atoms. The zero-order chi connectivity index (χ0) is 13.1. The first-order valence-electron chi connectivity index (χ1n) is 6.28. The summed E-state index contributed by atoms with van der Waals surface area (Å²) in [5, 5.41) is 23.9. The van der Waals surface area contributed by atoms with E-state index in [9.17, 15) is 0 Å². The lowest BCUT2D eigenvalue weighted by Gasteiger charge is -2.05. The van der Waals surface area contributed by atoms with Gasteiger partial charge in [0, 0.05) is 19.6 Å². The fraction of sp³-hybridized carbons (Fsp3) is 0.700. The fourth-order valence-electron chi connectivity index (χ4n) is 1.67. The third-order valence-corrected chi connectivity index (χ3v) is 3.92. The Morgan fingerprint density at radius 3 is 3.05 bits per heavy atom. The van der Waals surface area contributed by atoms with Crippen molar-refractivity contribution in [2.75, 3.05) is 6.54 Å². The van der Waals surface area contributed by atoms with Crippen LogP contribution in [0.4, 0.5) is 0 Å². The maximum Gasteiger partial charge on any atom is 0.209 e. The van der Waals surface area contributed by atoms with Gasteiger partial charge in [0.05, 0.1) is 12.3 Å². The second-order valence-electron chi connectivity index (χ2n) is 4.56. The van der Waals surface area contributed by atoms with E-state index in [2.05, 4.69) is 31.0 Å². The average molecular weight is 280 g/mol. The topological polar surface area (TPSA) is 86.3 Å². The lowest BCUT2D eigenvalue weighted by Crippen LogP contribution is -2.22. The van der Waals surface area contributed by atoms with Crippen molar-refractivity contribution in [3.8, 4) is 0 Å². The van der Waals surface area contributed by atoms with Crippen molar-refractivity contribution >= 4 is 11.8 Å². The van der Waals surface area contributed by atoms with Crippen LogP contribution in [0.5, 0.6) is 0 Å². The number of hydrogen-bond acceptors (Lipinski definition) is 7. The van der Waals surface area contributed by atoms with E-state index < -0.39 is 0 Å². The molecular formula is C10H16N8S. The highest BCUT2D eigenvalue weighted by molar-refractivity contribution is 7.98. The van der Waals surface area contributed by atoms with Crippen LogP contribution in [-0.4, -0.2) is 47.6 Å². The summed E-state index contributed by atoms with van der Waals surface area (Å²) in [6, 6.07) is 0.714. The minimum atomic E-state index is 0.714. The highest BCUT2D eigenvalue weighted by atomic mass is 32.2. The highest BCUT2D eigenvalue weighted by Crippen LogP contribution is 2.19. The number of nitrogens with zero attached hydrogens (tertiary/aromatic N) is 7. The smallest absolute Gasteiger partial charge is 0.209 e. The Labute approximate surface area is 115 Å². The van der Waals surface area contributed by atoms with Gasteiger partial charge in [0.15, 0.2) is 0 Å². The van der Waals surface area contributed by atoms with Crippen LogP contribution >= 0.6 is 11.8 Å². The van der Waals surface area contributed by atoms with E-state index in [0.29, 0.717) is 11.8 Å². The first-order valence-corrected chi connectivity index (χ1v) is 7.26. The Morgan fingerprint density at radius 1 is 1.42 bits per heavy atom. The quantitative estimate of drug-likeness (QED) is 0.705. The summed E-state index contributed by atoms with van der Waals surface area (Å²) < 4.78 is 3.73. The molecular weight excluding hydrogens is 264 g/mol. The third kappa shape index (κ3) is 3.29. The van der Waals surface area contributed by atoms with Crippen molar-refractivity contribution in [3.63, 3.8) is 0 Å². The summed E-state index contributed by atoms with van der Waals surface area (Å²) in [6.45, 7) is 1.71. The first-order chi connectivity index (χ1) is 9.33. The van der Waals surface area contributed by atoms with Crippen molar-refractivity contribution < 1.29 is 0 Å². The lowest BCUT2D eigenvalue weighted by molar-refractivity contribution is 0.509. The molecule has 0 unspecified atom stereocenters. The van der Waals surface area contributed by atoms with Gasteiger partial charge in [-0.1, -0.05) is 11.8 Å². The molecule has 1 N–H and O–H groups in total. The normalized spacial score (nSPS) is 15.0. The molecule has 0 aliphatic heterocycles. The number of tetrazole rings is 1. The molecule has 0 amide bonds. The molecule has 0 atom stereocenters. The fourth-order valence-corrected chi connectivity index (χ4v) is 2.56. The van der Waals surface area contributed by atoms with Gasteiger partial charge in [-0.15, -0.1) is 15.3 Å². The Kier molecular flexibility index (Phi) is 3.74. The Bertz CT molecular complexity index is 531. The lowest BCUT2D eigenvalue weighted by atomic mass is 10.6. The number of hydrogen-bond donors (Lipinski definition) is 1. The monoisotopic (exact) mass is 280 g/mol. The Hall–Kier alpha value is -1.48. The highest BCUT2D eigenvalue weighted by Gasteiger charge is 2.20. The van der Waals surface area contributed by atoms with Gasteiger partial charge in [0.25, 0.3) is 0 Å². The van der Waals surface area contributed by atoms with Crippen LogP contribution in [0.2, 0.25) is 0 Å². The molecule has 1 saturated carbocycles. The predicted molar refractivity (Wildman–Crippen MR) is 69.4 cm³/mol. The van der Waals surface area contributed by atoms with Crippen molar-refractivity contribution in [2.24, 2.45) is 7.05 Å². The maximum absolute atomic E-state index is 4.04. The summed E-state index contributed by atoms with van der Waals surface area (Å²) in [5.74, 6) is 1.63. The number of thioether (sulfide) groups is 1. The minimum absolute atomic E-state index is 0.714. The number of aromatic nitrogens is 7. The van der Waals surface area contributed by atoms with Gasteiger partial charge in [0.1, 0.15) is 12.2 Å². The van der Waals surface area contributed by atoms with Crippen LogP contribution in [0.3, 0.4) is 0 Å². The Balaban J connectivity index is 1.52. The van der Waals surface area contributed by atoms with Crippen molar-refractivity contribution in [3.05, 3.63) is 12.2 Å². The minimum Gasteiger partial charge on any atom is -0.320 e. The summed E-state index contributed by atoms with van der Waals surface area (Å²) in [7, 11) is 1.93. The molecule has 19 heavy (non-hydrogen) atoms. The van der Waals surface area contributed by atoms with E-state index in [1.54, 1.807) is 18.1 Å². The van der Waals surface area contributed by atoms with Gasteiger partial charge in [-0.3, -0.25) is 0 Å². The summed E-state index contributed by atoms with van der Waals surface area (Å²) >= 11 is 1.58. The molecule has 102 valence electrons. The molecule has 0 radical (unpaired) electrons. The summed E-state index contributed by atoms with van der Waals surface area (Å²) in [6.07, 6.45) is 4.28. The average Bonchev–Trinajstić information content (AvgIpc) is 2.97. The predicted octanol–water partition coefficient (Wildman–Crippen LogP) is -0.154. The van der Waals surface area contributed by atoms with Crippen molar-refractivity contribution in [1.29, 1.82) is 0 Å². The molecule has 0 saturated heterocycles. The zero-order valence-corrected chi connectivity index (χ0v) is 11.5. The van der Waals surface area contributed by atoms with E-state index >= 15 is 0 Å². The molecule has 1 aliphatic rings. The SMILES string of the molecule is Cn1cnnc1CSc1nnnn1CCNC1CC1. The van der Waals surface area contributed by atoms with Crippen LogP contribution in [0.1, 0.15) is 18.7 Å². The molecule has 1 fully saturated rings. The second kappa shape index (κ2) is 5.66. The van der Waals surface area contributed by atoms with Gasteiger partial charge in [-0.2, -0.15) is 0 Å². The Morgan fingerprint density at radius 2 is 2.32 bits per heavy atom. The number of nitrogens with one attached hydrogen (secondary N) is 1. The summed E-state index contributed by atoms with van der Waals surface area (Å²) in [4.78, 5) is 0. The molecule has 3 rings (SSSR count). The van der Waals surface area contributed by atoms with Gasteiger partial charge in [-0.25, -0.2) is 4.68 Å². The van der Waals surface area contributed by atoms with E-state index in [-0.39, 0.29) is 0 Å². The molecule has 9 heteroatoms. The number of aryl methyl sites for hydroxylation is 1. The van der Waals surface area contributed by atoms with Crippen LogP contribution in [0, 0.1) is 0 Å². The molecule has 1 aliphatic carbocycles. The molecule has 8 nitrogen and oxygen atoms in total. The maximum atomic E-state index is 4.04. The van der Waals surface area contributed by atoms with Gasteiger partial charge in [0.2, 0.25) is 5.16 Å². The van der Waals surface area contributed by atoms with Crippen molar-refractivity contribution in [2.45, 2.75) is 36.3 Å². The molecule has 2 heterocycles. The zero-order valence-electron chi connectivity index (χ0n) is 10.7. The van der Waals surface area contributed by atoms with E-state index in [1.165, 1.54) is 12.8 Å². The third-order valence-electron chi connectivity index (χ3n) is 2.97. The van der Waals surface area contributed by atoms with E-state index in [1.807, 2.05) is 16.3 Å². The number of rotatable bonds is 7. The van der Waals surface area contributed by atoms with E-state index in [4.69, 9.17) is 0 Å². The second-order valence-corrected chi connectivity index (χ2v) is 5.50. The summed E-state index contributed by atoms with van der Waals surface area (Å²) in [5.41, 5.74) is 0.